The second-order valence-corrected chi connectivity index (χ2v) is 5.30. The number of nitrogens with two attached hydrogens (primary N) is 1. The fourth-order valence-electron chi connectivity index (χ4n) is 1.96. The summed E-state index contributed by atoms with van der Waals surface area (Å²) in [5, 5.41) is 0. The van der Waals surface area contributed by atoms with E-state index in [9.17, 15) is 4.39 Å². The van der Waals surface area contributed by atoms with Crippen molar-refractivity contribution in [3.8, 4) is 0 Å². The Morgan fingerprint density at radius 1 is 1.23 bits per heavy atom. The summed E-state index contributed by atoms with van der Waals surface area (Å²) in [4.78, 5) is 8.73. The van der Waals surface area contributed by atoms with Gasteiger partial charge in [0.25, 0.3) is 0 Å². The maximum Gasteiger partial charge on any atom is 0.128 e. The molecule has 1 aromatic heterocycles. The van der Waals surface area contributed by atoms with Crippen LogP contribution < -0.4 is 5.73 Å². The highest BCUT2D eigenvalue weighted by atomic mass is 19.1. The minimum absolute atomic E-state index is 0.189. The summed E-state index contributed by atoms with van der Waals surface area (Å²) in [5.41, 5.74) is 8.74. The van der Waals surface area contributed by atoms with Gasteiger partial charge in [-0.25, -0.2) is 4.39 Å². The van der Waals surface area contributed by atoms with Crippen molar-refractivity contribution in [1.29, 1.82) is 0 Å². The van der Waals surface area contributed by atoms with E-state index in [0.717, 1.165) is 5.71 Å². The molecule has 0 saturated heterocycles. The summed E-state index contributed by atoms with van der Waals surface area (Å²) in [6, 6.07) is 12.2. The van der Waals surface area contributed by atoms with Gasteiger partial charge in [0.15, 0.2) is 0 Å². The van der Waals surface area contributed by atoms with Crippen molar-refractivity contribution in [2.45, 2.75) is 20.4 Å². The van der Waals surface area contributed by atoms with Crippen LogP contribution in [0.2, 0.25) is 0 Å². The first-order valence-corrected chi connectivity index (χ1v) is 7.24. The van der Waals surface area contributed by atoms with Crippen molar-refractivity contribution < 1.29 is 4.39 Å². The molecule has 114 valence electrons. The molecule has 3 nitrogen and oxygen atoms in total. The maximum atomic E-state index is 13.6. The van der Waals surface area contributed by atoms with Crippen molar-refractivity contribution >= 4 is 11.4 Å². The molecule has 0 amide bonds. The van der Waals surface area contributed by atoms with Crippen LogP contribution in [0.1, 0.15) is 25.1 Å². The first-order chi connectivity index (χ1) is 10.6. The van der Waals surface area contributed by atoms with Crippen LogP contribution in [0.5, 0.6) is 0 Å². The third-order valence-corrected chi connectivity index (χ3v) is 3.25. The highest BCUT2D eigenvalue weighted by Gasteiger charge is 2.06. The number of hydrogen-bond donors (Lipinski definition) is 1. The zero-order valence-electron chi connectivity index (χ0n) is 12.8. The predicted octanol–water partition coefficient (Wildman–Crippen LogP) is 3.82. The Labute approximate surface area is 130 Å². The predicted molar refractivity (Wildman–Crippen MR) is 88.8 cm³/mol. The highest BCUT2D eigenvalue weighted by Crippen LogP contribution is 2.12. The van der Waals surface area contributed by atoms with Crippen LogP contribution in [0.25, 0.3) is 5.70 Å². The molecular formula is C18H20FN3. The second kappa shape index (κ2) is 7.50. The lowest BCUT2D eigenvalue weighted by Gasteiger charge is -2.08. The maximum absolute atomic E-state index is 13.6. The average molecular weight is 297 g/mol. The number of aromatic nitrogens is 1. The SMILES string of the molecule is CC(C)C(C=C(N)c1ccccn1)=NCc1ccccc1F. The molecule has 0 aliphatic heterocycles. The van der Waals surface area contributed by atoms with Gasteiger partial charge in [-0.05, 0) is 30.2 Å². The number of benzene rings is 1. The van der Waals surface area contributed by atoms with Gasteiger partial charge in [-0.2, -0.15) is 0 Å². The number of pyridine rings is 1. The summed E-state index contributed by atoms with van der Waals surface area (Å²) < 4.78 is 13.6. The Kier molecular flexibility index (Phi) is 5.42. The van der Waals surface area contributed by atoms with Gasteiger partial charge >= 0.3 is 0 Å². The summed E-state index contributed by atoms with van der Waals surface area (Å²) in [5.74, 6) is -0.0509. The Morgan fingerprint density at radius 2 is 1.95 bits per heavy atom. The van der Waals surface area contributed by atoms with E-state index in [1.165, 1.54) is 6.07 Å². The van der Waals surface area contributed by atoms with Gasteiger partial charge < -0.3 is 5.73 Å². The second-order valence-electron chi connectivity index (χ2n) is 5.30. The molecule has 2 rings (SSSR count). The summed E-state index contributed by atoms with van der Waals surface area (Å²) in [7, 11) is 0. The average Bonchev–Trinajstić information content (AvgIpc) is 2.53. The Bertz CT molecular complexity index is 676. The zero-order chi connectivity index (χ0) is 15.9. The molecule has 22 heavy (non-hydrogen) atoms. The van der Waals surface area contributed by atoms with Gasteiger partial charge in [-0.15, -0.1) is 0 Å². The van der Waals surface area contributed by atoms with Gasteiger partial charge in [0, 0.05) is 17.5 Å². The monoisotopic (exact) mass is 297 g/mol. The molecule has 1 aromatic carbocycles. The van der Waals surface area contributed by atoms with E-state index in [0.29, 0.717) is 23.5 Å². The van der Waals surface area contributed by atoms with E-state index in [2.05, 4.69) is 9.98 Å². The van der Waals surface area contributed by atoms with E-state index >= 15 is 0 Å². The topological polar surface area (TPSA) is 51.3 Å². The molecule has 0 atom stereocenters. The zero-order valence-corrected chi connectivity index (χ0v) is 12.8. The number of rotatable bonds is 5. The molecule has 2 N–H and O–H groups in total. The van der Waals surface area contributed by atoms with E-state index in [-0.39, 0.29) is 11.7 Å². The fraction of sp³-hybridized carbons (Fsp3) is 0.222. The van der Waals surface area contributed by atoms with Gasteiger partial charge in [-0.3, -0.25) is 9.98 Å². The van der Waals surface area contributed by atoms with E-state index < -0.39 is 0 Å². The number of hydrogen-bond acceptors (Lipinski definition) is 3. The molecule has 0 unspecified atom stereocenters. The third-order valence-electron chi connectivity index (χ3n) is 3.25. The molecule has 0 radical (unpaired) electrons. The highest BCUT2D eigenvalue weighted by molar-refractivity contribution is 6.01. The third kappa shape index (κ3) is 4.25. The van der Waals surface area contributed by atoms with Gasteiger partial charge in [0.05, 0.1) is 17.9 Å². The van der Waals surface area contributed by atoms with Crippen LogP contribution in [-0.4, -0.2) is 10.7 Å². The molecule has 0 aliphatic rings. The molecule has 2 aromatic rings. The van der Waals surface area contributed by atoms with Crippen LogP contribution in [0.3, 0.4) is 0 Å². The van der Waals surface area contributed by atoms with Gasteiger partial charge in [0.1, 0.15) is 5.82 Å². The summed E-state index contributed by atoms with van der Waals surface area (Å²) >= 11 is 0. The standard InChI is InChI=1S/C18H20FN3/c1-13(2)18(11-16(20)17-9-5-6-10-21-17)22-12-14-7-3-4-8-15(14)19/h3-11,13H,12,20H2,1-2H3. The molecule has 0 bridgehead atoms. The molecule has 0 fully saturated rings. The van der Waals surface area contributed by atoms with Crippen LogP contribution in [0.4, 0.5) is 4.39 Å². The van der Waals surface area contributed by atoms with Crippen molar-refractivity contribution in [2.24, 2.45) is 16.6 Å². The Hall–Kier alpha value is -2.49. The normalized spacial score (nSPS) is 12.7. The molecule has 4 heteroatoms. The van der Waals surface area contributed by atoms with E-state index in [1.54, 1.807) is 24.4 Å². The Morgan fingerprint density at radius 3 is 2.59 bits per heavy atom. The lowest BCUT2D eigenvalue weighted by molar-refractivity contribution is 0.610. The van der Waals surface area contributed by atoms with Crippen LogP contribution in [-0.2, 0) is 6.54 Å². The van der Waals surface area contributed by atoms with Crippen molar-refractivity contribution in [2.75, 3.05) is 0 Å². The number of allylic oxidation sites excluding steroid dienone is 1. The van der Waals surface area contributed by atoms with E-state index in [4.69, 9.17) is 5.73 Å². The Balaban J connectivity index is 2.23. The fourth-order valence-corrected chi connectivity index (χ4v) is 1.96. The molecule has 0 aliphatic carbocycles. The van der Waals surface area contributed by atoms with E-state index in [1.807, 2.05) is 38.1 Å². The van der Waals surface area contributed by atoms with Crippen molar-refractivity contribution in [3.63, 3.8) is 0 Å². The van der Waals surface area contributed by atoms with Gasteiger partial charge in [-0.1, -0.05) is 38.1 Å². The number of halogens is 1. The van der Waals surface area contributed by atoms with Gasteiger partial charge in [0.2, 0.25) is 0 Å². The minimum Gasteiger partial charge on any atom is -0.397 e. The van der Waals surface area contributed by atoms with Crippen LogP contribution in [0, 0.1) is 11.7 Å². The molecular weight excluding hydrogens is 277 g/mol. The summed E-state index contributed by atoms with van der Waals surface area (Å²) in [6.07, 6.45) is 3.51. The molecule has 1 heterocycles. The first-order valence-electron chi connectivity index (χ1n) is 7.24. The lowest BCUT2D eigenvalue weighted by Crippen LogP contribution is -2.09. The lowest BCUT2D eigenvalue weighted by atomic mass is 10.1. The largest absolute Gasteiger partial charge is 0.397 e. The first kappa shape index (κ1) is 15.9. The number of aliphatic imine (C=N–C) groups is 1. The molecule has 0 spiro atoms. The minimum atomic E-state index is -0.240. The van der Waals surface area contributed by atoms with Crippen LogP contribution >= 0.6 is 0 Å². The van der Waals surface area contributed by atoms with Crippen molar-refractivity contribution in [3.05, 3.63) is 71.8 Å². The summed E-state index contributed by atoms with van der Waals surface area (Å²) in [6.45, 7) is 4.36. The quantitative estimate of drug-likeness (QED) is 0.853. The molecule has 0 saturated carbocycles. The number of nitrogens with zero attached hydrogens (tertiary/aromatic N) is 2. The van der Waals surface area contributed by atoms with Crippen LogP contribution in [0.15, 0.2) is 59.7 Å². The smallest absolute Gasteiger partial charge is 0.128 e. The van der Waals surface area contributed by atoms with Crippen molar-refractivity contribution in [1.82, 2.24) is 4.98 Å².